The van der Waals surface area contributed by atoms with E-state index in [1.807, 2.05) is 6.92 Å². The second-order valence-corrected chi connectivity index (χ2v) is 8.62. The number of halogens is 3. The highest BCUT2D eigenvalue weighted by molar-refractivity contribution is 7.09. The van der Waals surface area contributed by atoms with Crippen molar-refractivity contribution in [2.24, 2.45) is 16.8 Å². The molecule has 1 aliphatic heterocycles. The molecule has 0 amide bonds. The Morgan fingerprint density at radius 2 is 2.18 bits per heavy atom. The van der Waals surface area contributed by atoms with Crippen molar-refractivity contribution in [2.45, 2.75) is 46.2 Å². The van der Waals surface area contributed by atoms with Gasteiger partial charge in [0, 0.05) is 44.5 Å². The van der Waals surface area contributed by atoms with Gasteiger partial charge in [-0.05, 0) is 38.1 Å². The first-order chi connectivity index (χ1) is 13.3. The summed E-state index contributed by atoms with van der Waals surface area (Å²) in [6.45, 7) is 11.9. The fourth-order valence-corrected chi connectivity index (χ4v) is 4.19. The minimum absolute atomic E-state index is 0.441. The largest absolute Gasteiger partial charge is 0.434 e. The number of nitrogens with zero attached hydrogens (tertiary/aromatic N) is 3. The van der Waals surface area contributed by atoms with E-state index >= 15 is 0 Å². The van der Waals surface area contributed by atoms with Crippen LogP contribution >= 0.6 is 11.3 Å². The number of hydrogen-bond acceptors (Lipinski definition) is 4. The first kappa shape index (κ1) is 22.9. The molecule has 0 aromatic carbocycles. The third-order valence-corrected chi connectivity index (χ3v) is 5.46. The number of likely N-dealkylation sites (tertiary alicyclic amines) is 1. The Kier molecular flexibility index (Phi) is 9.01. The Bertz CT molecular complexity index is 615. The van der Waals surface area contributed by atoms with Crippen molar-refractivity contribution < 1.29 is 13.2 Å². The van der Waals surface area contributed by atoms with Crippen LogP contribution in [0.15, 0.2) is 10.4 Å². The number of guanidine groups is 1. The summed E-state index contributed by atoms with van der Waals surface area (Å²) in [7, 11) is 0. The number of aromatic nitrogens is 1. The predicted octanol–water partition coefficient (Wildman–Crippen LogP) is 3.63. The lowest BCUT2D eigenvalue weighted by molar-refractivity contribution is -0.140. The Labute approximate surface area is 169 Å². The van der Waals surface area contributed by atoms with Crippen molar-refractivity contribution in [1.29, 1.82) is 0 Å². The second kappa shape index (κ2) is 11.0. The van der Waals surface area contributed by atoms with E-state index in [0.717, 1.165) is 48.9 Å². The number of alkyl halides is 3. The summed E-state index contributed by atoms with van der Waals surface area (Å²) >= 11 is 1.05. The highest BCUT2D eigenvalue weighted by Crippen LogP contribution is 2.30. The third kappa shape index (κ3) is 7.95. The van der Waals surface area contributed by atoms with Gasteiger partial charge in [0.1, 0.15) is 0 Å². The minimum atomic E-state index is -4.37. The van der Waals surface area contributed by atoms with Gasteiger partial charge in [0.15, 0.2) is 11.7 Å². The second-order valence-electron chi connectivity index (χ2n) is 7.68. The molecule has 28 heavy (non-hydrogen) atoms. The normalized spacial score (nSPS) is 19.2. The smallest absolute Gasteiger partial charge is 0.357 e. The molecule has 1 aromatic rings. The van der Waals surface area contributed by atoms with Crippen LogP contribution in [0, 0.1) is 11.8 Å². The molecule has 1 atom stereocenters. The Hall–Kier alpha value is -1.35. The van der Waals surface area contributed by atoms with E-state index in [4.69, 9.17) is 4.99 Å². The number of aliphatic imine (C=N–C) groups is 1. The number of rotatable bonds is 8. The number of hydrogen-bond donors (Lipinski definition) is 2. The lowest BCUT2D eigenvalue weighted by Gasteiger charge is -2.33. The number of thiazole rings is 1. The van der Waals surface area contributed by atoms with E-state index in [9.17, 15) is 13.2 Å². The van der Waals surface area contributed by atoms with Gasteiger partial charge < -0.3 is 15.5 Å². The molecular formula is C19H32F3N5S. The lowest BCUT2D eigenvalue weighted by Crippen LogP contribution is -2.41. The quantitative estimate of drug-likeness (QED) is 0.499. The van der Waals surface area contributed by atoms with Gasteiger partial charge in [-0.25, -0.2) is 4.98 Å². The van der Waals surface area contributed by atoms with Crippen molar-refractivity contribution in [3.05, 3.63) is 16.1 Å². The Balaban J connectivity index is 1.80. The van der Waals surface area contributed by atoms with Crippen molar-refractivity contribution in [3.8, 4) is 0 Å². The Morgan fingerprint density at radius 3 is 2.82 bits per heavy atom. The van der Waals surface area contributed by atoms with Gasteiger partial charge in [-0.2, -0.15) is 13.2 Å². The molecule has 0 saturated carbocycles. The van der Waals surface area contributed by atoms with Crippen LogP contribution in [0.4, 0.5) is 13.2 Å². The molecule has 0 bridgehead atoms. The monoisotopic (exact) mass is 419 g/mol. The molecule has 2 rings (SSSR count). The summed E-state index contributed by atoms with van der Waals surface area (Å²) in [5.41, 5.74) is -0.809. The lowest BCUT2D eigenvalue weighted by atomic mass is 9.97. The molecule has 160 valence electrons. The maximum Gasteiger partial charge on any atom is 0.434 e. The van der Waals surface area contributed by atoms with Crippen LogP contribution < -0.4 is 10.6 Å². The third-order valence-electron chi connectivity index (χ3n) is 4.55. The first-order valence-electron chi connectivity index (χ1n) is 10.0. The van der Waals surface area contributed by atoms with E-state index in [0.29, 0.717) is 29.8 Å². The van der Waals surface area contributed by atoms with Crippen LogP contribution in [-0.2, 0) is 12.6 Å². The maximum absolute atomic E-state index is 12.6. The number of nitrogens with one attached hydrogen (secondary N) is 2. The van der Waals surface area contributed by atoms with Gasteiger partial charge in [0.2, 0.25) is 0 Å². The molecule has 0 radical (unpaired) electrons. The Morgan fingerprint density at radius 1 is 1.39 bits per heavy atom. The fraction of sp³-hybridized carbons (Fsp3) is 0.789. The standard InChI is InChI=1S/C19H32F3N5S/c1-4-23-18(24-8-7-17-26-16(13-28-17)19(20,21)22)25-10-15-6-5-9-27(12-15)11-14(2)3/h13-15H,4-12H2,1-3H3,(H2,23,24,25). The van der Waals surface area contributed by atoms with Crippen molar-refractivity contribution in [2.75, 3.05) is 39.3 Å². The van der Waals surface area contributed by atoms with E-state index in [-0.39, 0.29) is 0 Å². The molecule has 2 heterocycles. The minimum Gasteiger partial charge on any atom is -0.357 e. The molecule has 1 aromatic heterocycles. The summed E-state index contributed by atoms with van der Waals surface area (Å²) in [6, 6.07) is 0. The van der Waals surface area contributed by atoms with Gasteiger partial charge >= 0.3 is 6.18 Å². The molecule has 5 nitrogen and oxygen atoms in total. The van der Waals surface area contributed by atoms with Crippen LogP contribution in [-0.4, -0.2) is 55.1 Å². The van der Waals surface area contributed by atoms with Crippen LogP contribution in [0.3, 0.4) is 0 Å². The number of piperidine rings is 1. The molecule has 1 unspecified atom stereocenters. The highest BCUT2D eigenvalue weighted by Gasteiger charge is 2.33. The van der Waals surface area contributed by atoms with Crippen molar-refractivity contribution in [1.82, 2.24) is 20.5 Å². The van der Waals surface area contributed by atoms with Crippen LogP contribution in [0.5, 0.6) is 0 Å². The van der Waals surface area contributed by atoms with Gasteiger partial charge in [-0.1, -0.05) is 13.8 Å². The molecule has 1 saturated heterocycles. The molecule has 1 aliphatic rings. The zero-order valence-electron chi connectivity index (χ0n) is 17.0. The SMILES string of the molecule is CCNC(=NCC1CCCN(CC(C)C)C1)NCCc1nc(C(F)(F)F)cs1. The fourth-order valence-electron chi connectivity index (χ4n) is 3.39. The van der Waals surface area contributed by atoms with Gasteiger partial charge in [-0.3, -0.25) is 4.99 Å². The molecular weight excluding hydrogens is 387 g/mol. The molecule has 1 fully saturated rings. The predicted molar refractivity (Wildman–Crippen MR) is 109 cm³/mol. The summed E-state index contributed by atoms with van der Waals surface area (Å²) in [5.74, 6) is 1.94. The van der Waals surface area contributed by atoms with E-state index < -0.39 is 11.9 Å². The van der Waals surface area contributed by atoms with E-state index in [1.54, 1.807) is 0 Å². The summed E-state index contributed by atoms with van der Waals surface area (Å²) in [4.78, 5) is 10.9. The molecule has 0 aliphatic carbocycles. The molecule has 9 heteroatoms. The topological polar surface area (TPSA) is 52.6 Å². The van der Waals surface area contributed by atoms with E-state index in [1.165, 1.54) is 19.4 Å². The van der Waals surface area contributed by atoms with Gasteiger partial charge in [0.05, 0.1) is 5.01 Å². The van der Waals surface area contributed by atoms with Crippen molar-refractivity contribution >= 4 is 17.3 Å². The summed E-state index contributed by atoms with van der Waals surface area (Å²) in [6.07, 6.45) is -1.53. The molecule has 0 spiro atoms. The first-order valence-corrected chi connectivity index (χ1v) is 10.9. The average Bonchev–Trinajstić information content (AvgIpc) is 3.09. The van der Waals surface area contributed by atoms with Crippen LogP contribution in [0.2, 0.25) is 0 Å². The summed E-state index contributed by atoms with van der Waals surface area (Å²) in [5, 5.41) is 7.97. The zero-order chi connectivity index (χ0) is 20.6. The van der Waals surface area contributed by atoms with Crippen LogP contribution in [0.1, 0.15) is 44.3 Å². The highest BCUT2D eigenvalue weighted by atomic mass is 32.1. The van der Waals surface area contributed by atoms with E-state index in [2.05, 4.69) is 34.4 Å². The van der Waals surface area contributed by atoms with Crippen LogP contribution in [0.25, 0.3) is 0 Å². The van der Waals surface area contributed by atoms with Crippen molar-refractivity contribution in [3.63, 3.8) is 0 Å². The average molecular weight is 420 g/mol. The molecule has 2 N–H and O–H groups in total. The maximum atomic E-state index is 12.6. The van der Waals surface area contributed by atoms with Gasteiger partial charge in [-0.15, -0.1) is 11.3 Å². The van der Waals surface area contributed by atoms with Gasteiger partial charge in [0.25, 0.3) is 0 Å². The summed E-state index contributed by atoms with van der Waals surface area (Å²) < 4.78 is 37.9. The zero-order valence-corrected chi connectivity index (χ0v) is 17.8.